The summed E-state index contributed by atoms with van der Waals surface area (Å²) in [5.41, 5.74) is 2.03. The standard InChI is InChI=1S/C26H22ClFN4O3/c1-35-20-13-24(32(15-20)26(34)30-19-9-7-18(27)8-10-19)25(33)31-23-11-6-16(12-22(23)28)21-5-3-2-4-17(21)14-29/h2-12,20,24H,13,15H2,1H3,(H,30,34)(H,31,33). The number of hydrogen-bond donors (Lipinski definition) is 2. The van der Waals surface area contributed by atoms with Gasteiger partial charge in [-0.05, 0) is 53.6 Å². The summed E-state index contributed by atoms with van der Waals surface area (Å²) < 4.78 is 20.3. The highest BCUT2D eigenvalue weighted by Crippen LogP contribution is 2.28. The summed E-state index contributed by atoms with van der Waals surface area (Å²) in [5, 5.41) is 15.2. The Labute approximate surface area is 207 Å². The molecule has 1 heterocycles. The second-order valence-electron chi connectivity index (χ2n) is 8.04. The van der Waals surface area contributed by atoms with Gasteiger partial charge in [-0.1, -0.05) is 35.9 Å². The van der Waals surface area contributed by atoms with E-state index in [-0.39, 0.29) is 24.8 Å². The number of carbonyl (C=O) groups excluding carboxylic acids is 2. The second-order valence-corrected chi connectivity index (χ2v) is 8.48. The second kappa shape index (κ2) is 10.6. The van der Waals surface area contributed by atoms with Gasteiger partial charge >= 0.3 is 6.03 Å². The number of hydrogen-bond acceptors (Lipinski definition) is 4. The Morgan fingerprint density at radius 2 is 1.86 bits per heavy atom. The van der Waals surface area contributed by atoms with E-state index < -0.39 is 23.8 Å². The molecule has 178 valence electrons. The van der Waals surface area contributed by atoms with Gasteiger partial charge in [0.2, 0.25) is 5.91 Å². The summed E-state index contributed by atoms with van der Waals surface area (Å²) in [6.45, 7) is 0.209. The summed E-state index contributed by atoms with van der Waals surface area (Å²) in [6, 6.07) is 18.6. The first-order valence-corrected chi connectivity index (χ1v) is 11.2. The molecule has 3 aromatic rings. The Morgan fingerprint density at radius 1 is 1.11 bits per heavy atom. The van der Waals surface area contributed by atoms with Gasteiger partial charge in [0.25, 0.3) is 0 Å². The molecule has 0 aromatic heterocycles. The van der Waals surface area contributed by atoms with E-state index in [1.54, 1.807) is 54.6 Å². The van der Waals surface area contributed by atoms with Gasteiger partial charge < -0.3 is 20.3 Å². The molecule has 1 aliphatic heterocycles. The number of rotatable bonds is 5. The average molecular weight is 493 g/mol. The number of urea groups is 1. The van der Waals surface area contributed by atoms with Crippen LogP contribution < -0.4 is 10.6 Å². The van der Waals surface area contributed by atoms with E-state index in [9.17, 15) is 19.2 Å². The van der Waals surface area contributed by atoms with Gasteiger partial charge in [0, 0.05) is 30.8 Å². The SMILES string of the molecule is COC1CC(C(=O)Nc2ccc(-c3ccccc3C#N)cc2F)N(C(=O)Nc2ccc(Cl)cc2)C1. The molecule has 3 amide bonds. The van der Waals surface area contributed by atoms with Crippen molar-refractivity contribution < 1.29 is 18.7 Å². The van der Waals surface area contributed by atoms with Crippen LogP contribution in [-0.4, -0.2) is 42.6 Å². The van der Waals surface area contributed by atoms with Crippen molar-refractivity contribution in [3.05, 3.63) is 83.1 Å². The fraction of sp³-hybridized carbons (Fsp3) is 0.192. The lowest BCUT2D eigenvalue weighted by Gasteiger charge is -2.24. The number of nitrogens with one attached hydrogen (secondary N) is 2. The van der Waals surface area contributed by atoms with Gasteiger partial charge in [-0.2, -0.15) is 5.26 Å². The maximum absolute atomic E-state index is 14.9. The zero-order valence-electron chi connectivity index (χ0n) is 18.8. The highest BCUT2D eigenvalue weighted by atomic mass is 35.5. The fourth-order valence-electron chi connectivity index (χ4n) is 4.00. The topological polar surface area (TPSA) is 94.5 Å². The molecule has 0 saturated carbocycles. The summed E-state index contributed by atoms with van der Waals surface area (Å²) in [5.74, 6) is -1.18. The van der Waals surface area contributed by atoms with E-state index in [1.165, 1.54) is 24.1 Å². The number of halogens is 2. The minimum atomic E-state index is -0.856. The number of amides is 3. The molecule has 1 saturated heterocycles. The molecule has 0 spiro atoms. The lowest BCUT2D eigenvalue weighted by molar-refractivity contribution is -0.119. The van der Waals surface area contributed by atoms with Crippen molar-refractivity contribution in [1.29, 1.82) is 5.26 Å². The lowest BCUT2D eigenvalue weighted by Crippen LogP contribution is -2.45. The van der Waals surface area contributed by atoms with Crippen LogP contribution in [0.3, 0.4) is 0 Å². The molecule has 3 aromatic carbocycles. The van der Waals surface area contributed by atoms with Gasteiger partial charge in [-0.15, -0.1) is 0 Å². The van der Waals surface area contributed by atoms with E-state index in [0.29, 0.717) is 27.4 Å². The normalized spacial score (nSPS) is 17.0. The molecule has 35 heavy (non-hydrogen) atoms. The van der Waals surface area contributed by atoms with Gasteiger partial charge in [-0.3, -0.25) is 4.79 Å². The molecule has 1 aliphatic rings. The zero-order chi connectivity index (χ0) is 24.9. The monoisotopic (exact) mass is 492 g/mol. The molecule has 2 N–H and O–H groups in total. The molecule has 2 unspecified atom stereocenters. The van der Waals surface area contributed by atoms with Crippen molar-refractivity contribution in [3.8, 4) is 17.2 Å². The number of nitrogens with zero attached hydrogens (tertiary/aromatic N) is 2. The molecule has 0 aliphatic carbocycles. The Morgan fingerprint density at radius 3 is 2.54 bits per heavy atom. The van der Waals surface area contributed by atoms with Crippen LogP contribution in [0.15, 0.2) is 66.7 Å². The van der Waals surface area contributed by atoms with Crippen molar-refractivity contribution in [2.45, 2.75) is 18.6 Å². The molecule has 4 rings (SSSR count). The van der Waals surface area contributed by atoms with Crippen LogP contribution in [0, 0.1) is 17.1 Å². The van der Waals surface area contributed by atoms with E-state index in [2.05, 4.69) is 16.7 Å². The molecule has 0 radical (unpaired) electrons. The van der Waals surface area contributed by atoms with Crippen LogP contribution >= 0.6 is 11.6 Å². The van der Waals surface area contributed by atoms with E-state index >= 15 is 0 Å². The van der Waals surface area contributed by atoms with Crippen molar-refractivity contribution in [2.24, 2.45) is 0 Å². The summed E-state index contributed by atoms with van der Waals surface area (Å²) in [4.78, 5) is 27.4. The largest absolute Gasteiger partial charge is 0.380 e. The van der Waals surface area contributed by atoms with E-state index in [1.807, 2.05) is 0 Å². The predicted octanol–water partition coefficient (Wildman–Crippen LogP) is 5.28. The first kappa shape index (κ1) is 24.2. The summed E-state index contributed by atoms with van der Waals surface area (Å²) in [7, 11) is 1.51. The maximum Gasteiger partial charge on any atom is 0.322 e. The average Bonchev–Trinajstić information content (AvgIpc) is 3.31. The quantitative estimate of drug-likeness (QED) is 0.506. The highest BCUT2D eigenvalue weighted by Gasteiger charge is 2.40. The van der Waals surface area contributed by atoms with Gasteiger partial charge in [0.15, 0.2) is 0 Å². The number of ether oxygens (including phenoxy) is 1. The van der Waals surface area contributed by atoms with Gasteiger partial charge in [0.05, 0.1) is 23.4 Å². The number of carbonyl (C=O) groups is 2. The number of nitriles is 1. The van der Waals surface area contributed by atoms with Crippen molar-refractivity contribution in [1.82, 2.24) is 4.90 Å². The van der Waals surface area contributed by atoms with Gasteiger partial charge in [-0.25, -0.2) is 9.18 Å². The third-order valence-corrected chi connectivity index (χ3v) is 6.09. The predicted molar refractivity (Wildman–Crippen MR) is 132 cm³/mol. The minimum Gasteiger partial charge on any atom is -0.380 e. The molecule has 7 nitrogen and oxygen atoms in total. The van der Waals surface area contributed by atoms with Crippen molar-refractivity contribution in [2.75, 3.05) is 24.3 Å². The van der Waals surface area contributed by atoms with Gasteiger partial charge in [0.1, 0.15) is 11.9 Å². The minimum absolute atomic E-state index is 0.0212. The first-order chi connectivity index (χ1) is 16.9. The Hall–Kier alpha value is -3.93. The summed E-state index contributed by atoms with van der Waals surface area (Å²) in [6.07, 6.45) is -0.0672. The number of likely N-dealkylation sites (tertiary alicyclic amines) is 1. The molecule has 2 atom stereocenters. The molecule has 0 bridgehead atoms. The van der Waals surface area contributed by atoms with E-state index in [4.69, 9.17) is 16.3 Å². The third-order valence-electron chi connectivity index (χ3n) is 5.84. The summed E-state index contributed by atoms with van der Waals surface area (Å²) >= 11 is 5.89. The lowest BCUT2D eigenvalue weighted by atomic mass is 10.00. The fourth-order valence-corrected chi connectivity index (χ4v) is 4.13. The highest BCUT2D eigenvalue weighted by molar-refractivity contribution is 6.30. The van der Waals surface area contributed by atoms with Crippen LogP contribution in [0.5, 0.6) is 0 Å². The van der Waals surface area contributed by atoms with Crippen LogP contribution in [-0.2, 0) is 9.53 Å². The smallest absolute Gasteiger partial charge is 0.322 e. The number of methoxy groups -OCH3 is 1. The van der Waals surface area contributed by atoms with Crippen molar-refractivity contribution >= 4 is 34.9 Å². The van der Waals surface area contributed by atoms with Crippen LogP contribution in [0.2, 0.25) is 5.02 Å². The first-order valence-electron chi connectivity index (χ1n) is 10.9. The molecular formula is C26H22ClFN4O3. The Kier molecular flexibility index (Phi) is 7.30. The number of anilines is 2. The molecule has 9 heteroatoms. The number of benzene rings is 3. The molecular weight excluding hydrogens is 471 g/mol. The van der Waals surface area contributed by atoms with Crippen LogP contribution in [0.4, 0.5) is 20.6 Å². The van der Waals surface area contributed by atoms with Crippen molar-refractivity contribution in [3.63, 3.8) is 0 Å². The van der Waals surface area contributed by atoms with Crippen LogP contribution in [0.25, 0.3) is 11.1 Å². The van der Waals surface area contributed by atoms with E-state index in [0.717, 1.165) is 0 Å². The third kappa shape index (κ3) is 5.43. The zero-order valence-corrected chi connectivity index (χ0v) is 19.6. The maximum atomic E-state index is 14.9. The van der Waals surface area contributed by atoms with Crippen LogP contribution in [0.1, 0.15) is 12.0 Å². The Bertz CT molecular complexity index is 1290. The molecule has 1 fully saturated rings. The Balaban J connectivity index is 1.50.